The van der Waals surface area contributed by atoms with Crippen LogP contribution in [0.5, 0.6) is 0 Å². The summed E-state index contributed by atoms with van der Waals surface area (Å²) in [5.74, 6) is -0.0152. The van der Waals surface area contributed by atoms with Gasteiger partial charge in [0.05, 0.1) is 11.6 Å². The molecule has 78 valence electrons. The summed E-state index contributed by atoms with van der Waals surface area (Å²) < 4.78 is 4.76. The lowest BCUT2D eigenvalue weighted by Gasteiger charge is -2.14. The molecule has 0 aromatic carbocycles. The Bertz CT molecular complexity index is 312. The van der Waals surface area contributed by atoms with Gasteiger partial charge in [0, 0.05) is 25.2 Å². The molecule has 1 aromatic rings. The molecule has 0 fully saturated rings. The van der Waals surface area contributed by atoms with Crippen molar-refractivity contribution in [3.8, 4) is 0 Å². The number of thiazole rings is 1. The second-order valence-electron chi connectivity index (χ2n) is 3.03. The zero-order valence-corrected chi connectivity index (χ0v) is 9.43. The molecule has 1 heterocycles. The van der Waals surface area contributed by atoms with Gasteiger partial charge in [-0.2, -0.15) is 0 Å². The van der Waals surface area contributed by atoms with Crippen LogP contribution >= 0.6 is 11.3 Å². The Labute approximate surface area is 87.5 Å². The van der Waals surface area contributed by atoms with Crippen LogP contribution in [0.3, 0.4) is 0 Å². The minimum absolute atomic E-state index is 0.0152. The van der Waals surface area contributed by atoms with Crippen LogP contribution < -0.4 is 0 Å². The van der Waals surface area contributed by atoms with Gasteiger partial charge in [-0.05, 0) is 6.92 Å². The smallest absolute Gasteiger partial charge is 0.248 e. The highest BCUT2D eigenvalue weighted by Gasteiger charge is 2.09. The maximum Gasteiger partial charge on any atom is 0.248 e. The van der Waals surface area contributed by atoms with Gasteiger partial charge in [0.2, 0.25) is 5.91 Å². The molecule has 0 unspecified atom stereocenters. The standard InChI is InChI=1S/C9H14N2O2S/c1-7-10-4-8(14-7)5-11(2)9(12)6-13-3/h4H,5-6H2,1-3H3. The summed E-state index contributed by atoms with van der Waals surface area (Å²) in [6, 6.07) is 0. The number of rotatable bonds is 4. The summed E-state index contributed by atoms with van der Waals surface area (Å²) in [4.78, 5) is 18.2. The van der Waals surface area contributed by atoms with Gasteiger partial charge in [-0.3, -0.25) is 4.79 Å². The van der Waals surface area contributed by atoms with Crippen LogP contribution in [-0.2, 0) is 16.1 Å². The largest absolute Gasteiger partial charge is 0.375 e. The first-order chi connectivity index (χ1) is 6.63. The predicted molar refractivity (Wildman–Crippen MR) is 55.2 cm³/mol. The minimum Gasteiger partial charge on any atom is -0.375 e. The number of carbonyl (C=O) groups excluding carboxylic acids is 1. The van der Waals surface area contributed by atoms with Crippen LogP contribution in [0.4, 0.5) is 0 Å². The van der Waals surface area contributed by atoms with Gasteiger partial charge in [0.1, 0.15) is 6.61 Å². The van der Waals surface area contributed by atoms with Crippen molar-refractivity contribution in [1.82, 2.24) is 9.88 Å². The Kier molecular flexibility index (Phi) is 4.03. The van der Waals surface area contributed by atoms with E-state index in [-0.39, 0.29) is 12.5 Å². The number of hydrogen-bond donors (Lipinski definition) is 0. The molecule has 4 nitrogen and oxygen atoms in total. The van der Waals surface area contributed by atoms with Gasteiger partial charge >= 0.3 is 0 Å². The summed E-state index contributed by atoms with van der Waals surface area (Å²) in [7, 11) is 3.28. The molecule has 0 aliphatic rings. The third kappa shape index (κ3) is 3.08. The lowest BCUT2D eigenvalue weighted by molar-refractivity contribution is -0.134. The molecule has 0 bridgehead atoms. The molecular weight excluding hydrogens is 200 g/mol. The number of carbonyl (C=O) groups is 1. The van der Waals surface area contributed by atoms with Crippen LogP contribution in [0.2, 0.25) is 0 Å². The van der Waals surface area contributed by atoms with Crippen LogP contribution in [0.1, 0.15) is 9.88 Å². The van der Waals surface area contributed by atoms with E-state index in [0.717, 1.165) is 9.88 Å². The van der Waals surface area contributed by atoms with Gasteiger partial charge in [0.25, 0.3) is 0 Å². The number of aryl methyl sites for hydroxylation is 1. The molecule has 1 rings (SSSR count). The number of nitrogens with zero attached hydrogens (tertiary/aromatic N) is 2. The quantitative estimate of drug-likeness (QED) is 0.752. The average molecular weight is 214 g/mol. The molecule has 0 spiro atoms. The summed E-state index contributed by atoms with van der Waals surface area (Å²) in [5.41, 5.74) is 0. The Morgan fingerprint density at radius 3 is 2.93 bits per heavy atom. The molecule has 5 heteroatoms. The maximum atomic E-state index is 11.3. The maximum absolute atomic E-state index is 11.3. The van der Waals surface area contributed by atoms with E-state index in [1.54, 1.807) is 29.5 Å². The Morgan fingerprint density at radius 1 is 1.71 bits per heavy atom. The molecule has 0 saturated heterocycles. The van der Waals surface area contributed by atoms with E-state index in [1.807, 2.05) is 6.92 Å². The number of likely N-dealkylation sites (N-methyl/N-ethyl adjacent to an activating group) is 1. The van der Waals surface area contributed by atoms with Crippen molar-refractivity contribution in [2.75, 3.05) is 20.8 Å². The van der Waals surface area contributed by atoms with Crippen molar-refractivity contribution in [2.45, 2.75) is 13.5 Å². The minimum atomic E-state index is -0.0152. The normalized spacial score (nSPS) is 10.2. The molecule has 1 amide bonds. The fourth-order valence-corrected chi connectivity index (χ4v) is 1.88. The third-order valence-corrected chi connectivity index (χ3v) is 2.65. The van der Waals surface area contributed by atoms with Crippen molar-refractivity contribution in [2.24, 2.45) is 0 Å². The van der Waals surface area contributed by atoms with Crippen LogP contribution in [-0.4, -0.2) is 36.6 Å². The van der Waals surface area contributed by atoms with Gasteiger partial charge in [0.15, 0.2) is 0 Å². The fourth-order valence-electron chi connectivity index (χ4n) is 1.03. The summed E-state index contributed by atoms with van der Waals surface area (Å²) in [5, 5.41) is 1.02. The van der Waals surface area contributed by atoms with Crippen LogP contribution in [0.25, 0.3) is 0 Å². The van der Waals surface area contributed by atoms with E-state index in [0.29, 0.717) is 6.54 Å². The third-order valence-electron chi connectivity index (χ3n) is 1.76. The molecule has 14 heavy (non-hydrogen) atoms. The molecule has 0 radical (unpaired) electrons. The molecule has 0 aliphatic carbocycles. The SMILES string of the molecule is COCC(=O)N(C)Cc1cnc(C)s1. The second kappa shape index (κ2) is 5.07. The number of ether oxygens (including phenoxy) is 1. The molecular formula is C9H14N2O2S. The molecule has 0 N–H and O–H groups in total. The lowest BCUT2D eigenvalue weighted by Crippen LogP contribution is -2.29. The number of amides is 1. The number of aromatic nitrogens is 1. The first kappa shape index (κ1) is 11.1. The average Bonchev–Trinajstić information content (AvgIpc) is 2.51. The summed E-state index contributed by atoms with van der Waals surface area (Å²) in [6.07, 6.45) is 1.80. The van der Waals surface area contributed by atoms with Crippen molar-refractivity contribution in [1.29, 1.82) is 0 Å². The van der Waals surface area contributed by atoms with Gasteiger partial charge in [-0.15, -0.1) is 11.3 Å². The highest BCUT2D eigenvalue weighted by atomic mass is 32.1. The molecule has 0 aliphatic heterocycles. The highest BCUT2D eigenvalue weighted by Crippen LogP contribution is 2.13. The number of hydrogen-bond acceptors (Lipinski definition) is 4. The lowest BCUT2D eigenvalue weighted by atomic mass is 10.4. The van der Waals surface area contributed by atoms with E-state index >= 15 is 0 Å². The first-order valence-electron chi connectivity index (χ1n) is 4.27. The van der Waals surface area contributed by atoms with Crippen molar-refractivity contribution in [3.05, 3.63) is 16.1 Å². The van der Waals surface area contributed by atoms with Gasteiger partial charge < -0.3 is 9.64 Å². The van der Waals surface area contributed by atoms with E-state index < -0.39 is 0 Å². The van der Waals surface area contributed by atoms with Crippen LogP contribution in [0, 0.1) is 6.92 Å². The topological polar surface area (TPSA) is 42.4 Å². The fraction of sp³-hybridized carbons (Fsp3) is 0.556. The molecule has 1 aromatic heterocycles. The Hall–Kier alpha value is -0.940. The Balaban J connectivity index is 2.48. The molecule has 0 saturated carbocycles. The zero-order chi connectivity index (χ0) is 10.6. The Morgan fingerprint density at radius 2 is 2.43 bits per heavy atom. The van der Waals surface area contributed by atoms with E-state index in [1.165, 1.54) is 7.11 Å². The van der Waals surface area contributed by atoms with E-state index in [4.69, 9.17) is 4.74 Å². The van der Waals surface area contributed by atoms with Crippen molar-refractivity contribution in [3.63, 3.8) is 0 Å². The van der Waals surface area contributed by atoms with Crippen molar-refractivity contribution >= 4 is 17.2 Å². The van der Waals surface area contributed by atoms with E-state index in [9.17, 15) is 4.79 Å². The van der Waals surface area contributed by atoms with E-state index in [2.05, 4.69) is 4.98 Å². The first-order valence-corrected chi connectivity index (χ1v) is 5.09. The second-order valence-corrected chi connectivity index (χ2v) is 4.35. The highest BCUT2D eigenvalue weighted by molar-refractivity contribution is 7.11. The number of methoxy groups -OCH3 is 1. The summed E-state index contributed by atoms with van der Waals surface area (Å²) in [6.45, 7) is 2.69. The van der Waals surface area contributed by atoms with Crippen molar-refractivity contribution < 1.29 is 9.53 Å². The summed E-state index contributed by atoms with van der Waals surface area (Å²) >= 11 is 1.61. The van der Waals surface area contributed by atoms with Gasteiger partial charge in [-0.25, -0.2) is 4.98 Å². The van der Waals surface area contributed by atoms with Crippen LogP contribution in [0.15, 0.2) is 6.20 Å². The zero-order valence-electron chi connectivity index (χ0n) is 8.61. The predicted octanol–water partition coefficient (Wildman–Crippen LogP) is 1.06. The van der Waals surface area contributed by atoms with Gasteiger partial charge in [-0.1, -0.05) is 0 Å². The monoisotopic (exact) mass is 214 g/mol. The molecule has 0 atom stereocenters.